The minimum Gasteiger partial charge on any atom is -0.281 e. The molecule has 124 valence electrons. The Morgan fingerprint density at radius 2 is 2.00 bits per heavy atom. The van der Waals surface area contributed by atoms with Crippen LogP contribution in [0.5, 0.6) is 0 Å². The van der Waals surface area contributed by atoms with Gasteiger partial charge in [-0.25, -0.2) is 8.42 Å². The summed E-state index contributed by atoms with van der Waals surface area (Å²) in [7, 11) is -3.64. The summed E-state index contributed by atoms with van der Waals surface area (Å²) in [5, 5.41) is 6.68. The Hall–Kier alpha value is -1.12. The molecule has 0 amide bonds. The van der Waals surface area contributed by atoms with Crippen molar-refractivity contribution >= 4 is 39.2 Å². The molecule has 1 saturated heterocycles. The fraction of sp³-hybridized carbons (Fsp3) is 0.400. The first-order valence-electron chi connectivity index (χ1n) is 7.35. The zero-order valence-electron chi connectivity index (χ0n) is 13.0. The molecule has 1 aliphatic rings. The molecule has 5 nitrogen and oxygen atoms in total. The van der Waals surface area contributed by atoms with Gasteiger partial charge in [0.05, 0.1) is 16.0 Å². The summed E-state index contributed by atoms with van der Waals surface area (Å²) in [4.78, 5) is 0.226. The van der Waals surface area contributed by atoms with Crippen molar-refractivity contribution in [3.05, 3.63) is 41.2 Å². The van der Waals surface area contributed by atoms with Crippen molar-refractivity contribution in [3.8, 4) is 0 Å². The van der Waals surface area contributed by atoms with Crippen LogP contribution < -0.4 is 4.72 Å². The standard InChI is InChI=1S/C15H19N3O2S3/c1-10-14(11(2)17-16-10)23(19,20)18-13-6-3-5-12(9-13)15-21-7-4-8-22-15/h3,5-6,9,15,18H,4,7-8H2,1-2H3,(H,16,17). The summed E-state index contributed by atoms with van der Waals surface area (Å²) in [6.07, 6.45) is 1.23. The summed E-state index contributed by atoms with van der Waals surface area (Å²) in [5.41, 5.74) is 2.77. The van der Waals surface area contributed by atoms with Gasteiger partial charge in [-0.2, -0.15) is 5.10 Å². The maximum absolute atomic E-state index is 12.6. The Morgan fingerprint density at radius 1 is 1.26 bits per heavy atom. The van der Waals surface area contributed by atoms with Crippen molar-refractivity contribution in [3.63, 3.8) is 0 Å². The molecular formula is C15H19N3O2S3. The van der Waals surface area contributed by atoms with Gasteiger partial charge in [-0.3, -0.25) is 9.82 Å². The summed E-state index contributed by atoms with van der Waals surface area (Å²) >= 11 is 3.83. The van der Waals surface area contributed by atoms with Crippen molar-refractivity contribution in [2.75, 3.05) is 16.2 Å². The van der Waals surface area contributed by atoms with Crippen LogP contribution >= 0.6 is 23.5 Å². The van der Waals surface area contributed by atoms with Gasteiger partial charge in [-0.05, 0) is 49.5 Å². The normalized spacial score (nSPS) is 16.4. The molecule has 0 saturated carbocycles. The highest BCUT2D eigenvalue weighted by Crippen LogP contribution is 2.44. The molecule has 0 aliphatic carbocycles. The van der Waals surface area contributed by atoms with E-state index in [1.54, 1.807) is 19.9 Å². The third-order valence-electron chi connectivity index (χ3n) is 3.57. The maximum atomic E-state index is 12.6. The lowest BCUT2D eigenvalue weighted by Crippen LogP contribution is -2.14. The van der Waals surface area contributed by atoms with E-state index < -0.39 is 10.0 Å². The monoisotopic (exact) mass is 369 g/mol. The molecule has 2 N–H and O–H groups in total. The van der Waals surface area contributed by atoms with Crippen LogP contribution in [0.15, 0.2) is 29.2 Å². The van der Waals surface area contributed by atoms with Crippen LogP contribution in [0.25, 0.3) is 0 Å². The second-order valence-electron chi connectivity index (χ2n) is 5.42. The molecule has 0 atom stereocenters. The van der Waals surface area contributed by atoms with Crippen LogP contribution in [0.3, 0.4) is 0 Å². The van der Waals surface area contributed by atoms with E-state index in [4.69, 9.17) is 0 Å². The maximum Gasteiger partial charge on any atom is 0.265 e. The molecule has 1 fully saturated rings. The quantitative estimate of drug-likeness (QED) is 0.859. The highest BCUT2D eigenvalue weighted by molar-refractivity contribution is 8.16. The average molecular weight is 370 g/mol. The number of hydrogen-bond donors (Lipinski definition) is 2. The minimum absolute atomic E-state index is 0.226. The Morgan fingerprint density at radius 3 is 2.65 bits per heavy atom. The van der Waals surface area contributed by atoms with E-state index in [-0.39, 0.29) is 4.90 Å². The summed E-state index contributed by atoms with van der Waals surface area (Å²) in [6.45, 7) is 3.39. The predicted molar refractivity (Wildman–Crippen MR) is 97.6 cm³/mol. The van der Waals surface area contributed by atoms with Gasteiger partial charge in [-0.15, -0.1) is 23.5 Å². The van der Waals surface area contributed by atoms with Gasteiger partial charge in [0.25, 0.3) is 10.0 Å². The molecule has 3 rings (SSSR count). The number of aryl methyl sites for hydroxylation is 2. The molecule has 1 aromatic carbocycles. The van der Waals surface area contributed by atoms with Crippen LogP contribution in [0, 0.1) is 13.8 Å². The lowest BCUT2D eigenvalue weighted by Gasteiger charge is -2.21. The number of nitrogens with one attached hydrogen (secondary N) is 2. The Bertz CT molecular complexity index is 777. The average Bonchev–Trinajstić information content (AvgIpc) is 2.88. The van der Waals surface area contributed by atoms with Crippen LogP contribution in [-0.4, -0.2) is 30.1 Å². The summed E-state index contributed by atoms with van der Waals surface area (Å²) in [5.74, 6) is 2.31. The minimum atomic E-state index is -3.64. The van der Waals surface area contributed by atoms with Gasteiger partial charge in [0, 0.05) is 5.69 Å². The number of rotatable bonds is 4. The first kappa shape index (κ1) is 16.7. The number of thioether (sulfide) groups is 2. The molecule has 0 radical (unpaired) electrons. The van der Waals surface area contributed by atoms with Crippen LogP contribution in [0.4, 0.5) is 5.69 Å². The van der Waals surface area contributed by atoms with E-state index in [0.717, 1.165) is 17.1 Å². The van der Waals surface area contributed by atoms with Crippen LogP contribution in [-0.2, 0) is 10.0 Å². The second-order valence-corrected chi connectivity index (χ2v) is 9.76. The van der Waals surface area contributed by atoms with E-state index in [9.17, 15) is 8.42 Å². The zero-order chi connectivity index (χ0) is 16.4. The number of aromatic nitrogens is 2. The van der Waals surface area contributed by atoms with Crippen molar-refractivity contribution in [2.24, 2.45) is 0 Å². The van der Waals surface area contributed by atoms with Gasteiger partial charge in [0.2, 0.25) is 0 Å². The number of H-pyrrole nitrogens is 1. The number of benzene rings is 1. The zero-order valence-corrected chi connectivity index (χ0v) is 15.4. The number of sulfonamides is 1. The van der Waals surface area contributed by atoms with Crippen molar-refractivity contribution in [1.82, 2.24) is 10.2 Å². The fourth-order valence-electron chi connectivity index (χ4n) is 2.57. The van der Waals surface area contributed by atoms with E-state index in [2.05, 4.69) is 21.0 Å². The molecule has 1 aromatic heterocycles. The van der Waals surface area contributed by atoms with Crippen LogP contribution in [0.2, 0.25) is 0 Å². The second kappa shape index (κ2) is 6.78. The molecule has 1 aliphatic heterocycles. The molecule has 0 unspecified atom stereocenters. The first-order valence-corrected chi connectivity index (χ1v) is 10.9. The van der Waals surface area contributed by atoms with E-state index in [1.807, 2.05) is 35.7 Å². The third-order valence-corrected chi connectivity index (χ3v) is 8.23. The lowest BCUT2D eigenvalue weighted by atomic mass is 10.2. The Kier molecular flexibility index (Phi) is 4.93. The number of nitrogens with zero attached hydrogens (tertiary/aromatic N) is 1. The smallest absolute Gasteiger partial charge is 0.265 e. The largest absolute Gasteiger partial charge is 0.281 e. The number of hydrogen-bond acceptors (Lipinski definition) is 5. The summed E-state index contributed by atoms with van der Waals surface area (Å²) < 4.78 is 28.3. The third kappa shape index (κ3) is 3.70. The number of aromatic amines is 1. The highest BCUT2D eigenvalue weighted by atomic mass is 32.2. The molecule has 8 heteroatoms. The van der Waals surface area contributed by atoms with Gasteiger partial charge >= 0.3 is 0 Å². The van der Waals surface area contributed by atoms with E-state index in [1.165, 1.54) is 6.42 Å². The number of anilines is 1. The topological polar surface area (TPSA) is 74.8 Å². The Labute approximate surface area is 145 Å². The predicted octanol–water partition coefficient (Wildman–Crippen LogP) is 3.70. The Balaban J connectivity index is 1.85. The van der Waals surface area contributed by atoms with Gasteiger partial charge < -0.3 is 0 Å². The molecule has 2 heterocycles. The van der Waals surface area contributed by atoms with E-state index in [0.29, 0.717) is 21.7 Å². The molecule has 0 bridgehead atoms. The highest BCUT2D eigenvalue weighted by Gasteiger charge is 2.23. The first-order chi connectivity index (χ1) is 11.0. The van der Waals surface area contributed by atoms with Crippen molar-refractivity contribution in [2.45, 2.75) is 29.7 Å². The molecule has 0 spiro atoms. The molecule has 23 heavy (non-hydrogen) atoms. The SMILES string of the molecule is Cc1n[nH]c(C)c1S(=O)(=O)Nc1cccc(C2SCCCS2)c1. The van der Waals surface area contributed by atoms with Gasteiger partial charge in [-0.1, -0.05) is 12.1 Å². The lowest BCUT2D eigenvalue weighted by molar-refractivity contribution is 0.600. The van der Waals surface area contributed by atoms with Crippen molar-refractivity contribution < 1.29 is 8.42 Å². The molecular weight excluding hydrogens is 350 g/mol. The fourth-order valence-corrected chi connectivity index (χ4v) is 6.87. The van der Waals surface area contributed by atoms with Crippen molar-refractivity contribution in [1.29, 1.82) is 0 Å². The summed E-state index contributed by atoms with van der Waals surface area (Å²) in [6, 6.07) is 7.67. The van der Waals surface area contributed by atoms with Gasteiger partial charge in [0.15, 0.2) is 0 Å². The van der Waals surface area contributed by atoms with Crippen LogP contribution in [0.1, 0.15) is 28.0 Å². The van der Waals surface area contributed by atoms with Gasteiger partial charge in [0.1, 0.15) is 4.90 Å². The molecule has 2 aromatic rings. The van der Waals surface area contributed by atoms with E-state index >= 15 is 0 Å².